The summed E-state index contributed by atoms with van der Waals surface area (Å²) >= 11 is 0. The predicted molar refractivity (Wildman–Crippen MR) is 174 cm³/mol. The molecule has 8 rings (SSSR count). The van der Waals surface area contributed by atoms with Crippen LogP contribution in [-0.4, -0.2) is 15.0 Å². The van der Waals surface area contributed by atoms with E-state index in [-0.39, 0.29) is 0 Å². The van der Waals surface area contributed by atoms with Crippen LogP contribution in [0.5, 0.6) is 0 Å². The molecule has 3 nitrogen and oxygen atoms in total. The van der Waals surface area contributed by atoms with E-state index < -0.39 is 0 Å². The summed E-state index contributed by atoms with van der Waals surface area (Å²) in [7, 11) is 0. The van der Waals surface area contributed by atoms with Crippen molar-refractivity contribution in [2.24, 2.45) is 0 Å². The van der Waals surface area contributed by atoms with Gasteiger partial charge in [-0.25, -0.2) is 15.0 Å². The molecular weight excluding hydrogens is 510 g/mol. The molecule has 196 valence electrons. The molecule has 0 saturated heterocycles. The molecular formula is C39H25N3. The van der Waals surface area contributed by atoms with Crippen LogP contribution in [0.4, 0.5) is 0 Å². The Bertz CT molecular complexity index is 2240. The first-order chi connectivity index (χ1) is 20.8. The van der Waals surface area contributed by atoms with E-state index >= 15 is 0 Å². The van der Waals surface area contributed by atoms with E-state index in [1.807, 2.05) is 30.3 Å². The second-order valence-corrected chi connectivity index (χ2v) is 10.5. The van der Waals surface area contributed by atoms with E-state index in [2.05, 4.69) is 121 Å². The smallest absolute Gasteiger partial charge is 0.164 e. The highest BCUT2D eigenvalue weighted by Gasteiger charge is 2.16. The first kappa shape index (κ1) is 24.2. The van der Waals surface area contributed by atoms with Crippen molar-refractivity contribution in [2.75, 3.05) is 0 Å². The minimum absolute atomic E-state index is 0.658. The van der Waals surface area contributed by atoms with Crippen molar-refractivity contribution in [1.29, 1.82) is 0 Å². The first-order valence-corrected chi connectivity index (χ1v) is 14.1. The van der Waals surface area contributed by atoms with Gasteiger partial charge in [-0.05, 0) is 49.5 Å². The van der Waals surface area contributed by atoms with Crippen molar-refractivity contribution in [1.82, 2.24) is 15.0 Å². The van der Waals surface area contributed by atoms with Gasteiger partial charge in [0.25, 0.3) is 0 Å². The van der Waals surface area contributed by atoms with Crippen molar-refractivity contribution in [3.05, 3.63) is 152 Å². The maximum atomic E-state index is 5.13. The Balaban J connectivity index is 1.37. The summed E-state index contributed by atoms with van der Waals surface area (Å²) in [5.41, 5.74) is 5.31. The maximum Gasteiger partial charge on any atom is 0.164 e. The molecule has 0 radical (unpaired) electrons. The predicted octanol–water partition coefficient (Wildman–Crippen LogP) is 10.00. The lowest BCUT2D eigenvalue weighted by Gasteiger charge is -2.13. The summed E-state index contributed by atoms with van der Waals surface area (Å²) in [5, 5.41) is 6.99. The summed E-state index contributed by atoms with van der Waals surface area (Å²) in [6, 6.07) is 52.9. The zero-order valence-electron chi connectivity index (χ0n) is 22.8. The lowest BCUT2D eigenvalue weighted by Crippen LogP contribution is -2.01. The van der Waals surface area contributed by atoms with Crippen molar-refractivity contribution in [3.63, 3.8) is 0 Å². The Morgan fingerprint density at radius 1 is 0.286 bits per heavy atom. The van der Waals surface area contributed by atoms with E-state index in [0.717, 1.165) is 38.2 Å². The van der Waals surface area contributed by atoms with Gasteiger partial charge in [-0.1, -0.05) is 146 Å². The average Bonchev–Trinajstić information content (AvgIpc) is 3.07. The van der Waals surface area contributed by atoms with Crippen molar-refractivity contribution >= 4 is 32.3 Å². The van der Waals surface area contributed by atoms with Gasteiger partial charge in [0.2, 0.25) is 0 Å². The molecule has 0 saturated carbocycles. The van der Waals surface area contributed by atoms with Crippen LogP contribution in [0.1, 0.15) is 0 Å². The van der Waals surface area contributed by atoms with Gasteiger partial charge in [0.1, 0.15) is 0 Å². The molecule has 0 atom stereocenters. The molecule has 1 heterocycles. The van der Waals surface area contributed by atoms with Crippen LogP contribution >= 0.6 is 0 Å². The third-order valence-electron chi connectivity index (χ3n) is 7.92. The molecule has 0 aliphatic heterocycles. The molecule has 0 aliphatic carbocycles. The normalized spacial score (nSPS) is 11.3. The lowest BCUT2D eigenvalue weighted by atomic mass is 9.94. The number of fused-ring (bicyclic) bond motifs is 3. The van der Waals surface area contributed by atoms with Crippen molar-refractivity contribution in [2.45, 2.75) is 0 Å². The van der Waals surface area contributed by atoms with Gasteiger partial charge in [0.05, 0.1) is 0 Å². The topological polar surface area (TPSA) is 38.7 Å². The van der Waals surface area contributed by atoms with Crippen molar-refractivity contribution in [3.8, 4) is 45.3 Å². The fourth-order valence-corrected chi connectivity index (χ4v) is 5.87. The Morgan fingerprint density at radius 3 is 1.43 bits per heavy atom. The molecule has 1 aromatic heterocycles. The molecule has 7 aromatic carbocycles. The van der Waals surface area contributed by atoms with Crippen LogP contribution in [0.25, 0.3) is 77.6 Å². The van der Waals surface area contributed by atoms with Crippen LogP contribution < -0.4 is 0 Å². The standard InChI is InChI=1S/C39H25N3/c1-2-13-29(14-3-1)37-40-38(34-21-9-16-27-12-5-7-19-32(27)34)42-39(41-37)35-22-10-17-28-23-24-30(25-36(28)35)33-20-8-15-26-11-4-6-18-31(26)33/h1-25H. The van der Waals surface area contributed by atoms with Crippen LogP contribution in [-0.2, 0) is 0 Å². The van der Waals surface area contributed by atoms with Crippen LogP contribution in [0.15, 0.2) is 152 Å². The highest BCUT2D eigenvalue weighted by molar-refractivity contribution is 6.02. The van der Waals surface area contributed by atoms with E-state index in [0.29, 0.717) is 17.5 Å². The fraction of sp³-hybridized carbons (Fsp3) is 0. The zero-order chi connectivity index (χ0) is 27.9. The number of hydrogen-bond donors (Lipinski definition) is 0. The molecule has 0 fully saturated rings. The Kier molecular flexibility index (Phi) is 5.79. The second-order valence-electron chi connectivity index (χ2n) is 10.5. The van der Waals surface area contributed by atoms with Crippen LogP contribution in [0.3, 0.4) is 0 Å². The summed E-state index contributed by atoms with van der Waals surface area (Å²) in [5.74, 6) is 1.98. The Hall–Kier alpha value is -5.67. The van der Waals surface area contributed by atoms with Gasteiger partial charge in [0, 0.05) is 16.7 Å². The van der Waals surface area contributed by atoms with Crippen LogP contribution in [0.2, 0.25) is 0 Å². The van der Waals surface area contributed by atoms with Gasteiger partial charge < -0.3 is 0 Å². The molecule has 0 spiro atoms. The molecule has 0 unspecified atom stereocenters. The van der Waals surface area contributed by atoms with Gasteiger partial charge >= 0.3 is 0 Å². The minimum atomic E-state index is 0.658. The molecule has 0 amide bonds. The van der Waals surface area contributed by atoms with Crippen LogP contribution in [0, 0.1) is 0 Å². The summed E-state index contributed by atoms with van der Waals surface area (Å²) < 4.78 is 0. The summed E-state index contributed by atoms with van der Waals surface area (Å²) in [4.78, 5) is 15.2. The molecule has 0 aliphatic rings. The van der Waals surface area contributed by atoms with Gasteiger partial charge in [-0.2, -0.15) is 0 Å². The van der Waals surface area contributed by atoms with Crippen molar-refractivity contribution < 1.29 is 0 Å². The molecule has 3 heteroatoms. The lowest BCUT2D eigenvalue weighted by molar-refractivity contribution is 1.08. The quantitative estimate of drug-likeness (QED) is 0.225. The monoisotopic (exact) mass is 535 g/mol. The fourth-order valence-electron chi connectivity index (χ4n) is 5.87. The Morgan fingerprint density at radius 2 is 0.762 bits per heavy atom. The maximum absolute atomic E-state index is 5.13. The number of aromatic nitrogens is 3. The number of rotatable bonds is 4. The molecule has 42 heavy (non-hydrogen) atoms. The second kappa shape index (κ2) is 10.1. The highest BCUT2D eigenvalue weighted by atomic mass is 15.0. The highest BCUT2D eigenvalue weighted by Crippen LogP contribution is 2.35. The number of benzene rings is 7. The van der Waals surface area contributed by atoms with E-state index in [1.54, 1.807) is 0 Å². The van der Waals surface area contributed by atoms with Gasteiger partial charge in [0.15, 0.2) is 17.5 Å². The Labute approximate surface area is 243 Å². The van der Waals surface area contributed by atoms with E-state index in [9.17, 15) is 0 Å². The number of nitrogens with zero attached hydrogens (tertiary/aromatic N) is 3. The zero-order valence-corrected chi connectivity index (χ0v) is 22.8. The number of hydrogen-bond acceptors (Lipinski definition) is 3. The van der Waals surface area contributed by atoms with Gasteiger partial charge in [-0.3, -0.25) is 0 Å². The summed E-state index contributed by atoms with van der Waals surface area (Å²) in [6.07, 6.45) is 0. The molecule has 8 aromatic rings. The molecule has 0 N–H and O–H groups in total. The van der Waals surface area contributed by atoms with E-state index in [4.69, 9.17) is 15.0 Å². The van der Waals surface area contributed by atoms with Gasteiger partial charge in [-0.15, -0.1) is 0 Å². The summed E-state index contributed by atoms with van der Waals surface area (Å²) in [6.45, 7) is 0. The minimum Gasteiger partial charge on any atom is -0.208 e. The van der Waals surface area contributed by atoms with E-state index in [1.165, 1.54) is 21.9 Å². The SMILES string of the molecule is c1ccc(-c2nc(-c3cccc4ccccc34)nc(-c3cccc4ccc(-c5cccc6ccccc56)cc34)n2)cc1. The largest absolute Gasteiger partial charge is 0.208 e. The average molecular weight is 536 g/mol. The third-order valence-corrected chi connectivity index (χ3v) is 7.92. The third kappa shape index (κ3) is 4.20. The first-order valence-electron chi connectivity index (χ1n) is 14.1. The molecule has 0 bridgehead atoms.